The molecule has 0 bridgehead atoms. The Hall–Kier alpha value is -5.97. The Kier molecular flexibility index (Phi) is 12.7. The van der Waals surface area contributed by atoms with Crippen molar-refractivity contribution in [1.29, 1.82) is 5.26 Å². The standard InChI is InChI=1S/C42H40F2N8O4.CH4O3S/c1-23-30(5-3-7-32(23)41-49-35-16-25(15-28(18-45)37(35)56-41)20-51-12-9-27(10-13-51)42(54)55)31-6-4-8-33(24(31)2)47-39-36-34(48-40(50-39)38(43)44)17-26(19-46-36)21-52-14-11-29(53)22-52;1-5(2,3)4/h3-8,15-17,19,27,29,38,53H,9-14,20-22H2,1-2H3,(H,54,55)(H,47,48,50);1H3,(H,2,3,4)/t29-;/m1./s1. The number of pyridine rings is 1. The first-order chi connectivity index (χ1) is 29.0. The Morgan fingerprint density at radius 1 is 0.934 bits per heavy atom. The second kappa shape index (κ2) is 17.9. The van der Waals surface area contributed by atoms with Gasteiger partial charge in [0.15, 0.2) is 17.2 Å². The number of aromatic nitrogens is 4. The number of carboxylic acid groups (broad SMARTS) is 1. The molecule has 2 saturated heterocycles. The van der Waals surface area contributed by atoms with E-state index in [0.717, 1.165) is 45.5 Å². The third-order valence-corrected chi connectivity index (χ3v) is 10.9. The van der Waals surface area contributed by atoms with Crippen LogP contribution in [-0.2, 0) is 28.0 Å². The third kappa shape index (κ3) is 10.2. The molecule has 15 nitrogen and oxygen atoms in total. The van der Waals surface area contributed by atoms with E-state index in [0.29, 0.717) is 97.5 Å². The molecule has 3 aromatic heterocycles. The minimum atomic E-state index is -3.67. The summed E-state index contributed by atoms with van der Waals surface area (Å²) in [5.41, 5.74) is 8.69. The van der Waals surface area contributed by atoms with Gasteiger partial charge in [0, 0.05) is 43.6 Å². The van der Waals surface area contributed by atoms with E-state index in [9.17, 15) is 37.5 Å². The Bertz CT molecular complexity index is 2760. The zero-order valence-electron chi connectivity index (χ0n) is 33.6. The molecule has 0 radical (unpaired) electrons. The highest BCUT2D eigenvalue weighted by Gasteiger charge is 2.26. The van der Waals surface area contributed by atoms with E-state index in [1.54, 1.807) is 12.3 Å². The number of oxazole rings is 1. The number of likely N-dealkylation sites (tertiary alicyclic amines) is 2. The van der Waals surface area contributed by atoms with E-state index >= 15 is 0 Å². The van der Waals surface area contributed by atoms with E-state index in [-0.39, 0.29) is 17.8 Å². The summed E-state index contributed by atoms with van der Waals surface area (Å²) in [6.07, 6.45) is 1.02. The summed E-state index contributed by atoms with van der Waals surface area (Å²) in [4.78, 5) is 33.5. The van der Waals surface area contributed by atoms with Crippen molar-refractivity contribution in [3.05, 3.63) is 94.4 Å². The minimum absolute atomic E-state index is 0.169. The average molecular weight is 855 g/mol. The first kappa shape index (κ1) is 43.1. The maximum atomic E-state index is 14.1. The van der Waals surface area contributed by atoms with Crippen molar-refractivity contribution in [2.45, 2.75) is 58.7 Å². The van der Waals surface area contributed by atoms with Crippen LogP contribution in [0, 0.1) is 31.1 Å². The number of aliphatic hydroxyl groups is 1. The molecule has 61 heavy (non-hydrogen) atoms. The number of rotatable bonds is 10. The lowest BCUT2D eigenvalue weighted by molar-refractivity contribution is -0.143. The number of hydrogen-bond acceptors (Lipinski definition) is 13. The van der Waals surface area contributed by atoms with Crippen molar-refractivity contribution in [3.63, 3.8) is 0 Å². The number of nitrogens with one attached hydrogen (secondary N) is 1. The number of alkyl halides is 2. The van der Waals surface area contributed by atoms with Gasteiger partial charge in [-0.3, -0.25) is 24.1 Å². The number of benzene rings is 3. The number of anilines is 2. The number of halogens is 2. The van der Waals surface area contributed by atoms with Crippen LogP contribution in [0.25, 0.3) is 44.7 Å². The molecule has 0 saturated carbocycles. The summed E-state index contributed by atoms with van der Waals surface area (Å²) in [5.74, 6) is -1.13. The van der Waals surface area contributed by atoms with Crippen LogP contribution in [0.5, 0.6) is 0 Å². The molecule has 1 atom stereocenters. The second-order valence-electron chi connectivity index (χ2n) is 15.4. The maximum Gasteiger partial charge on any atom is 0.306 e. The number of aliphatic hydroxyl groups excluding tert-OH is 1. The normalized spacial score (nSPS) is 16.5. The Morgan fingerprint density at radius 3 is 2.23 bits per heavy atom. The van der Waals surface area contributed by atoms with Crippen LogP contribution in [0.3, 0.4) is 0 Å². The van der Waals surface area contributed by atoms with Crippen LogP contribution < -0.4 is 5.32 Å². The topological polar surface area (TPSA) is 219 Å². The molecular formula is C43H44F2N8O7S. The van der Waals surface area contributed by atoms with E-state index in [2.05, 4.69) is 36.1 Å². The molecule has 4 N–H and O–H groups in total. The number of carbonyl (C=O) groups is 1. The second-order valence-corrected chi connectivity index (χ2v) is 16.9. The molecule has 0 aliphatic carbocycles. The molecule has 8 rings (SSSR count). The molecule has 0 unspecified atom stereocenters. The SMILES string of the molecule is CS(=O)(=O)O.Cc1c(Nc2nc(C(F)F)nc3cc(CN4CC[C@@H](O)C4)cnc23)cccc1-c1cccc(-c2nc3cc(CN4CCC(C(=O)O)CC4)cc(C#N)c3o2)c1C. The number of carboxylic acids is 1. The molecule has 2 aliphatic rings. The molecule has 0 amide bonds. The molecule has 2 fully saturated rings. The van der Waals surface area contributed by atoms with E-state index in [1.165, 1.54) is 0 Å². The smallest absolute Gasteiger partial charge is 0.306 e. The highest BCUT2D eigenvalue weighted by Crippen LogP contribution is 2.38. The summed E-state index contributed by atoms with van der Waals surface area (Å²) in [6, 6.07) is 19.3. The number of nitriles is 1. The number of fused-ring (bicyclic) bond motifs is 2. The zero-order chi connectivity index (χ0) is 43.6. The minimum Gasteiger partial charge on any atom is -0.481 e. The van der Waals surface area contributed by atoms with Crippen LogP contribution in [0.1, 0.15) is 59.3 Å². The third-order valence-electron chi connectivity index (χ3n) is 10.9. The summed E-state index contributed by atoms with van der Waals surface area (Å²) in [5, 5.41) is 32.6. The van der Waals surface area contributed by atoms with Gasteiger partial charge in [0.25, 0.3) is 16.5 Å². The van der Waals surface area contributed by atoms with E-state index in [4.69, 9.17) is 14.0 Å². The quantitative estimate of drug-likeness (QED) is 0.102. The van der Waals surface area contributed by atoms with Gasteiger partial charge in [0.1, 0.15) is 17.1 Å². The van der Waals surface area contributed by atoms with Crippen LogP contribution in [0.2, 0.25) is 0 Å². The number of piperidine rings is 1. The van der Waals surface area contributed by atoms with Gasteiger partial charge < -0.3 is 19.9 Å². The van der Waals surface area contributed by atoms with Crippen LogP contribution in [-0.4, -0.2) is 97.4 Å². The van der Waals surface area contributed by atoms with Crippen LogP contribution in [0.4, 0.5) is 20.3 Å². The van der Waals surface area contributed by atoms with Crippen LogP contribution >= 0.6 is 0 Å². The molecule has 3 aromatic carbocycles. The maximum absolute atomic E-state index is 14.1. The highest BCUT2D eigenvalue weighted by atomic mass is 32.2. The Labute approximate surface area is 350 Å². The first-order valence-corrected chi connectivity index (χ1v) is 21.4. The van der Waals surface area contributed by atoms with Gasteiger partial charge in [-0.2, -0.15) is 13.7 Å². The van der Waals surface area contributed by atoms with E-state index in [1.807, 2.05) is 62.4 Å². The largest absolute Gasteiger partial charge is 0.481 e. The number of nitrogens with zero attached hydrogens (tertiary/aromatic N) is 7. The summed E-state index contributed by atoms with van der Waals surface area (Å²) >= 11 is 0. The summed E-state index contributed by atoms with van der Waals surface area (Å²) in [6.45, 7) is 7.65. The van der Waals surface area contributed by atoms with Gasteiger partial charge in [0.05, 0.1) is 29.4 Å². The number of aliphatic carboxylic acids is 1. The summed E-state index contributed by atoms with van der Waals surface area (Å²) in [7, 11) is -3.67. The molecular weight excluding hydrogens is 811 g/mol. The van der Waals surface area contributed by atoms with Gasteiger partial charge in [-0.05, 0) is 110 Å². The average Bonchev–Trinajstić information content (AvgIpc) is 3.83. The van der Waals surface area contributed by atoms with Crippen LogP contribution in [0.15, 0.2) is 65.2 Å². The predicted molar refractivity (Wildman–Crippen MR) is 224 cm³/mol. The number of β-amino-alcohol motifs (C(OH)–C–C–N with tert-alkyl or cyclic N) is 1. The first-order valence-electron chi connectivity index (χ1n) is 19.6. The Balaban J connectivity index is 0.00000106. The number of hydrogen-bond donors (Lipinski definition) is 4. The highest BCUT2D eigenvalue weighted by molar-refractivity contribution is 7.85. The fourth-order valence-electron chi connectivity index (χ4n) is 7.89. The van der Waals surface area contributed by atoms with Gasteiger partial charge >= 0.3 is 5.97 Å². The molecule has 0 spiro atoms. The van der Waals surface area contributed by atoms with Gasteiger partial charge in [-0.1, -0.05) is 24.3 Å². The van der Waals surface area contributed by atoms with Crippen molar-refractivity contribution >= 4 is 49.7 Å². The van der Waals surface area contributed by atoms with Crippen molar-refractivity contribution in [1.82, 2.24) is 29.7 Å². The monoisotopic (exact) mass is 854 g/mol. The lowest BCUT2D eigenvalue weighted by Gasteiger charge is -2.30. The molecule has 318 valence electrons. The van der Waals surface area contributed by atoms with Crippen molar-refractivity contribution < 1.29 is 41.2 Å². The molecule has 2 aliphatic heterocycles. The molecule has 6 aromatic rings. The van der Waals surface area contributed by atoms with Gasteiger partial charge in [0.2, 0.25) is 5.89 Å². The fraction of sp³-hybridized carbons (Fsp3) is 0.349. The van der Waals surface area contributed by atoms with Gasteiger partial charge in [-0.25, -0.2) is 23.7 Å². The fourth-order valence-corrected chi connectivity index (χ4v) is 7.89. The Morgan fingerprint density at radius 2 is 1.57 bits per heavy atom. The van der Waals surface area contributed by atoms with Crippen molar-refractivity contribution in [2.75, 3.05) is 37.8 Å². The van der Waals surface area contributed by atoms with E-state index < -0.39 is 28.3 Å². The predicted octanol–water partition coefficient (Wildman–Crippen LogP) is 7.04. The van der Waals surface area contributed by atoms with Crippen molar-refractivity contribution in [2.24, 2.45) is 5.92 Å². The molecule has 5 heterocycles. The molecule has 18 heteroatoms. The van der Waals surface area contributed by atoms with Crippen molar-refractivity contribution in [3.8, 4) is 28.7 Å². The zero-order valence-corrected chi connectivity index (χ0v) is 34.5. The lowest BCUT2D eigenvalue weighted by atomic mass is 9.93. The lowest BCUT2D eigenvalue weighted by Crippen LogP contribution is -2.35. The summed E-state index contributed by atoms with van der Waals surface area (Å²) < 4.78 is 60.3. The van der Waals surface area contributed by atoms with Gasteiger partial charge in [-0.15, -0.1) is 0 Å².